The summed E-state index contributed by atoms with van der Waals surface area (Å²) >= 11 is 5.95. The Kier molecular flexibility index (Phi) is 2.75. The van der Waals surface area contributed by atoms with Gasteiger partial charge in [-0.15, -0.1) is 0 Å². The summed E-state index contributed by atoms with van der Waals surface area (Å²) in [6.07, 6.45) is 0. The highest BCUT2D eigenvalue weighted by atomic mass is 35.5. The van der Waals surface area contributed by atoms with Gasteiger partial charge >= 0.3 is 0 Å². The molecule has 0 aliphatic heterocycles. The predicted molar refractivity (Wildman–Crippen MR) is 64.3 cm³/mol. The first-order valence-electron chi connectivity index (χ1n) is 4.78. The van der Waals surface area contributed by atoms with Gasteiger partial charge in [-0.2, -0.15) is 5.10 Å². The molecule has 0 radical (unpaired) electrons. The van der Waals surface area contributed by atoms with E-state index in [0.717, 1.165) is 11.4 Å². The average Bonchev–Trinajstić information content (AvgIpc) is 2.57. The summed E-state index contributed by atoms with van der Waals surface area (Å²) in [6, 6.07) is 7.11. The molecule has 0 fully saturated rings. The second-order valence-corrected chi connectivity index (χ2v) is 3.87. The minimum atomic E-state index is 0.554. The minimum absolute atomic E-state index is 0.554. The van der Waals surface area contributed by atoms with Crippen molar-refractivity contribution >= 4 is 17.4 Å². The number of nitrogens with two attached hydrogens (primary N) is 1. The number of rotatable bonds is 2. The second-order valence-electron chi connectivity index (χ2n) is 3.44. The van der Waals surface area contributed by atoms with E-state index in [-0.39, 0.29) is 0 Å². The molecule has 1 heterocycles. The third-order valence-electron chi connectivity index (χ3n) is 2.23. The fourth-order valence-corrected chi connectivity index (χ4v) is 1.71. The molecule has 2 rings (SSSR count). The highest BCUT2D eigenvalue weighted by molar-refractivity contribution is 6.30. The maximum atomic E-state index is 5.95. The van der Waals surface area contributed by atoms with Crippen LogP contribution in [0.4, 0.5) is 5.82 Å². The normalized spacial score (nSPS) is 10.4. The van der Waals surface area contributed by atoms with Crippen molar-refractivity contribution in [2.75, 3.05) is 12.8 Å². The lowest BCUT2D eigenvalue weighted by Gasteiger charge is -2.09. The minimum Gasteiger partial charge on any atom is -0.494 e. The van der Waals surface area contributed by atoms with Crippen LogP contribution in [0.15, 0.2) is 24.3 Å². The van der Waals surface area contributed by atoms with E-state index in [4.69, 9.17) is 22.1 Å². The van der Waals surface area contributed by atoms with Crippen LogP contribution in [0, 0.1) is 6.92 Å². The number of aryl methyl sites for hydroxylation is 1. The van der Waals surface area contributed by atoms with Gasteiger partial charge in [0.15, 0.2) is 0 Å². The van der Waals surface area contributed by atoms with Crippen LogP contribution in [0.3, 0.4) is 0 Å². The molecule has 5 heteroatoms. The highest BCUT2D eigenvalue weighted by Crippen LogP contribution is 2.27. The smallest absolute Gasteiger partial charge is 0.144 e. The zero-order valence-corrected chi connectivity index (χ0v) is 9.82. The zero-order chi connectivity index (χ0) is 11.7. The van der Waals surface area contributed by atoms with E-state index in [9.17, 15) is 0 Å². The van der Waals surface area contributed by atoms with Crippen molar-refractivity contribution < 1.29 is 4.74 Å². The lowest BCUT2D eigenvalue weighted by molar-refractivity contribution is 0.412. The number of benzene rings is 1. The van der Waals surface area contributed by atoms with Crippen LogP contribution in [0.5, 0.6) is 5.75 Å². The summed E-state index contributed by atoms with van der Waals surface area (Å²) in [6.45, 7) is 1.88. The summed E-state index contributed by atoms with van der Waals surface area (Å²) < 4.78 is 6.86. The number of hydrogen-bond acceptors (Lipinski definition) is 3. The Bertz CT molecular complexity index is 522. The van der Waals surface area contributed by atoms with Gasteiger partial charge in [-0.05, 0) is 25.1 Å². The lowest BCUT2D eigenvalue weighted by Crippen LogP contribution is -2.03. The maximum absolute atomic E-state index is 5.95. The summed E-state index contributed by atoms with van der Waals surface area (Å²) in [5.41, 5.74) is 7.43. The van der Waals surface area contributed by atoms with Gasteiger partial charge < -0.3 is 10.5 Å². The standard InChI is InChI=1S/C11H12ClN3O/c1-7-5-11(13)15(14-7)9-6-8(12)3-4-10(9)16-2/h3-6H,13H2,1-2H3. The van der Waals surface area contributed by atoms with Crippen molar-refractivity contribution in [3.63, 3.8) is 0 Å². The van der Waals surface area contributed by atoms with Gasteiger partial charge in [0.05, 0.1) is 12.8 Å². The fourth-order valence-electron chi connectivity index (χ4n) is 1.54. The first-order valence-corrected chi connectivity index (χ1v) is 5.15. The van der Waals surface area contributed by atoms with Crippen LogP contribution in [-0.4, -0.2) is 16.9 Å². The number of halogens is 1. The van der Waals surface area contributed by atoms with Crippen molar-refractivity contribution in [2.24, 2.45) is 0 Å². The van der Waals surface area contributed by atoms with Crippen LogP contribution >= 0.6 is 11.6 Å². The van der Waals surface area contributed by atoms with Crippen molar-refractivity contribution in [1.29, 1.82) is 0 Å². The van der Waals surface area contributed by atoms with E-state index in [2.05, 4.69) is 5.10 Å². The number of aromatic nitrogens is 2. The third-order valence-corrected chi connectivity index (χ3v) is 2.46. The molecule has 0 aliphatic rings. The molecule has 0 unspecified atom stereocenters. The Morgan fingerprint density at radius 1 is 1.38 bits per heavy atom. The zero-order valence-electron chi connectivity index (χ0n) is 9.07. The molecule has 0 bridgehead atoms. The second kappa shape index (κ2) is 4.06. The quantitative estimate of drug-likeness (QED) is 0.873. The SMILES string of the molecule is COc1ccc(Cl)cc1-n1nc(C)cc1N. The van der Waals surface area contributed by atoms with Crippen LogP contribution in [-0.2, 0) is 0 Å². The molecule has 0 saturated heterocycles. The van der Waals surface area contributed by atoms with E-state index in [1.54, 1.807) is 36.1 Å². The van der Waals surface area contributed by atoms with E-state index in [1.807, 2.05) is 6.92 Å². The Labute approximate surface area is 98.6 Å². The highest BCUT2D eigenvalue weighted by Gasteiger charge is 2.10. The number of methoxy groups -OCH3 is 1. The van der Waals surface area contributed by atoms with Crippen molar-refractivity contribution in [3.05, 3.63) is 35.0 Å². The molecule has 4 nitrogen and oxygen atoms in total. The van der Waals surface area contributed by atoms with Crippen LogP contribution in [0.25, 0.3) is 5.69 Å². The molecule has 0 aliphatic carbocycles. The topological polar surface area (TPSA) is 53.1 Å². The molecule has 0 spiro atoms. The lowest BCUT2D eigenvalue weighted by atomic mass is 10.3. The molecule has 84 valence electrons. The fraction of sp³-hybridized carbons (Fsp3) is 0.182. The van der Waals surface area contributed by atoms with Gasteiger partial charge in [0.25, 0.3) is 0 Å². The molecule has 16 heavy (non-hydrogen) atoms. The number of nitrogens with zero attached hydrogens (tertiary/aromatic N) is 2. The van der Waals surface area contributed by atoms with Crippen molar-refractivity contribution in [1.82, 2.24) is 9.78 Å². The number of hydrogen-bond donors (Lipinski definition) is 1. The Morgan fingerprint density at radius 3 is 2.69 bits per heavy atom. The largest absolute Gasteiger partial charge is 0.494 e. The molecule has 2 N–H and O–H groups in total. The van der Waals surface area contributed by atoms with E-state index in [0.29, 0.717) is 16.6 Å². The molecule has 0 saturated carbocycles. The molecule has 0 atom stereocenters. The van der Waals surface area contributed by atoms with Gasteiger partial charge in [-0.3, -0.25) is 0 Å². The summed E-state index contributed by atoms with van der Waals surface area (Å²) in [5.74, 6) is 1.23. The predicted octanol–water partition coefficient (Wildman–Crippen LogP) is 2.42. The van der Waals surface area contributed by atoms with Crippen molar-refractivity contribution in [2.45, 2.75) is 6.92 Å². The summed E-state index contributed by atoms with van der Waals surface area (Å²) in [5, 5.41) is 4.90. The molecular weight excluding hydrogens is 226 g/mol. The maximum Gasteiger partial charge on any atom is 0.144 e. The van der Waals surface area contributed by atoms with E-state index < -0.39 is 0 Å². The van der Waals surface area contributed by atoms with Gasteiger partial charge in [0, 0.05) is 11.1 Å². The molecule has 0 amide bonds. The van der Waals surface area contributed by atoms with Gasteiger partial charge in [0.2, 0.25) is 0 Å². The summed E-state index contributed by atoms with van der Waals surface area (Å²) in [4.78, 5) is 0. The number of anilines is 1. The molecule has 1 aromatic carbocycles. The molecule has 1 aromatic heterocycles. The first-order chi connectivity index (χ1) is 7.61. The number of ether oxygens (including phenoxy) is 1. The summed E-state index contributed by atoms with van der Waals surface area (Å²) in [7, 11) is 1.60. The van der Waals surface area contributed by atoms with Crippen LogP contribution in [0.2, 0.25) is 5.02 Å². The first kappa shape index (κ1) is 10.8. The monoisotopic (exact) mass is 237 g/mol. The van der Waals surface area contributed by atoms with Crippen LogP contribution < -0.4 is 10.5 Å². The Balaban J connectivity index is 2.62. The molecule has 2 aromatic rings. The molecular formula is C11H12ClN3O. The van der Waals surface area contributed by atoms with Gasteiger partial charge in [-0.25, -0.2) is 4.68 Å². The number of nitrogen functional groups attached to an aromatic ring is 1. The van der Waals surface area contributed by atoms with Crippen LogP contribution in [0.1, 0.15) is 5.69 Å². The Hall–Kier alpha value is -1.68. The van der Waals surface area contributed by atoms with Crippen molar-refractivity contribution in [3.8, 4) is 11.4 Å². The van der Waals surface area contributed by atoms with E-state index >= 15 is 0 Å². The Morgan fingerprint density at radius 2 is 2.12 bits per heavy atom. The average molecular weight is 238 g/mol. The third kappa shape index (κ3) is 1.84. The van der Waals surface area contributed by atoms with E-state index in [1.165, 1.54) is 0 Å². The van der Waals surface area contributed by atoms with Gasteiger partial charge in [-0.1, -0.05) is 11.6 Å². The van der Waals surface area contributed by atoms with Gasteiger partial charge in [0.1, 0.15) is 17.3 Å².